The van der Waals surface area contributed by atoms with E-state index in [1.165, 1.54) is 0 Å². The summed E-state index contributed by atoms with van der Waals surface area (Å²) in [6, 6.07) is 10.1. The smallest absolute Gasteiger partial charge is 0.241 e. The number of halogens is 2. The van der Waals surface area contributed by atoms with Crippen LogP contribution in [0.1, 0.15) is 12.5 Å². The van der Waals surface area contributed by atoms with Gasteiger partial charge in [0.2, 0.25) is 5.91 Å². The van der Waals surface area contributed by atoms with Crippen LogP contribution in [0, 0.1) is 18.6 Å². The van der Waals surface area contributed by atoms with Crippen molar-refractivity contribution in [1.29, 1.82) is 0 Å². The van der Waals surface area contributed by atoms with Crippen molar-refractivity contribution in [3.63, 3.8) is 0 Å². The standard InChI is InChI=1S/C19H22F2N2O2/c1-13-4-7-16(8-5-13)25-11-10-23(3)14(2)19(24)22-18-12-15(20)6-9-17(18)21/h4-9,12,14H,10-11H2,1-3H3,(H,22,24). The number of ether oxygens (including phenoxy) is 1. The summed E-state index contributed by atoms with van der Waals surface area (Å²) in [4.78, 5) is 14.0. The first-order valence-corrected chi connectivity index (χ1v) is 8.02. The molecule has 1 amide bonds. The van der Waals surface area contributed by atoms with E-state index in [1.807, 2.05) is 31.2 Å². The van der Waals surface area contributed by atoms with Crippen molar-refractivity contribution in [2.24, 2.45) is 0 Å². The lowest BCUT2D eigenvalue weighted by atomic mass is 10.2. The molecule has 6 heteroatoms. The molecule has 1 unspecified atom stereocenters. The SMILES string of the molecule is Cc1ccc(OCCN(C)C(C)C(=O)Nc2cc(F)ccc2F)cc1. The number of nitrogens with zero attached hydrogens (tertiary/aromatic N) is 1. The molecule has 134 valence electrons. The highest BCUT2D eigenvalue weighted by atomic mass is 19.1. The first kappa shape index (κ1) is 18.9. The van der Waals surface area contributed by atoms with Crippen molar-refractivity contribution in [1.82, 2.24) is 4.90 Å². The van der Waals surface area contributed by atoms with Crippen molar-refractivity contribution < 1.29 is 18.3 Å². The van der Waals surface area contributed by atoms with Gasteiger partial charge < -0.3 is 10.1 Å². The van der Waals surface area contributed by atoms with Gasteiger partial charge in [-0.3, -0.25) is 9.69 Å². The second-order valence-corrected chi connectivity index (χ2v) is 5.93. The summed E-state index contributed by atoms with van der Waals surface area (Å²) in [5, 5.41) is 2.41. The van der Waals surface area contributed by atoms with E-state index in [0.29, 0.717) is 13.2 Å². The minimum Gasteiger partial charge on any atom is -0.492 e. The summed E-state index contributed by atoms with van der Waals surface area (Å²) >= 11 is 0. The summed E-state index contributed by atoms with van der Waals surface area (Å²) in [7, 11) is 1.77. The molecule has 0 radical (unpaired) electrons. The first-order chi connectivity index (χ1) is 11.9. The van der Waals surface area contributed by atoms with Crippen LogP contribution in [0.5, 0.6) is 5.75 Å². The molecular formula is C19H22F2N2O2. The molecule has 2 aromatic carbocycles. The maximum atomic E-state index is 13.6. The number of hydrogen-bond acceptors (Lipinski definition) is 3. The Balaban J connectivity index is 1.84. The number of carbonyl (C=O) groups excluding carboxylic acids is 1. The van der Waals surface area contributed by atoms with E-state index in [1.54, 1.807) is 18.9 Å². The average molecular weight is 348 g/mol. The number of carbonyl (C=O) groups is 1. The first-order valence-electron chi connectivity index (χ1n) is 8.02. The van der Waals surface area contributed by atoms with Crippen LogP contribution < -0.4 is 10.1 Å². The Kier molecular flexibility index (Phi) is 6.47. The van der Waals surface area contributed by atoms with E-state index in [4.69, 9.17) is 4.74 Å². The average Bonchev–Trinajstić information content (AvgIpc) is 2.59. The lowest BCUT2D eigenvalue weighted by Gasteiger charge is -2.24. The second-order valence-electron chi connectivity index (χ2n) is 5.93. The van der Waals surface area contributed by atoms with Crippen LogP contribution >= 0.6 is 0 Å². The van der Waals surface area contributed by atoms with E-state index >= 15 is 0 Å². The molecule has 1 N–H and O–H groups in total. The molecular weight excluding hydrogens is 326 g/mol. The van der Waals surface area contributed by atoms with Gasteiger partial charge in [0.05, 0.1) is 11.7 Å². The maximum Gasteiger partial charge on any atom is 0.241 e. The van der Waals surface area contributed by atoms with Gasteiger partial charge in [0.1, 0.15) is 24.0 Å². The summed E-state index contributed by atoms with van der Waals surface area (Å²) in [5.41, 5.74) is 0.987. The van der Waals surface area contributed by atoms with Crippen LogP contribution in [0.4, 0.5) is 14.5 Å². The monoisotopic (exact) mass is 348 g/mol. The van der Waals surface area contributed by atoms with Gasteiger partial charge >= 0.3 is 0 Å². The number of nitrogens with one attached hydrogen (secondary N) is 1. The van der Waals surface area contributed by atoms with Gasteiger partial charge in [0.15, 0.2) is 0 Å². The number of likely N-dealkylation sites (N-methyl/N-ethyl adjacent to an activating group) is 1. The Morgan fingerprint density at radius 3 is 2.56 bits per heavy atom. The third kappa shape index (κ3) is 5.53. The maximum absolute atomic E-state index is 13.6. The predicted octanol–water partition coefficient (Wildman–Crippen LogP) is 3.61. The molecule has 1 atom stereocenters. The topological polar surface area (TPSA) is 41.6 Å². The molecule has 0 aliphatic heterocycles. The molecule has 0 aliphatic carbocycles. The minimum absolute atomic E-state index is 0.166. The molecule has 0 spiro atoms. The number of rotatable bonds is 7. The molecule has 0 fully saturated rings. The van der Waals surface area contributed by atoms with Crippen molar-refractivity contribution in [3.05, 3.63) is 59.7 Å². The van der Waals surface area contributed by atoms with Gasteiger partial charge in [-0.25, -0.2) is 8.78 Å². The Bertz CT molecular complexity index is 720. The molecule has 0 heterocycles. The second kappa shape index (κ2) is 8.58. The Labute approximate surface area is 146 Å². The van der Waals surface area contributed by atoms with Gasteiger partial charge in [-0.05, 0) is 45.2 Å². The zero-order chi connectivity index (χ0) is 18.4. The van der Waals surface area contributed by atoms with Crippen molar-refractivity contribution >= 4 is 11.6 Å². The van der Waals surface area contributed by atoms with Gasteiger partial charge in [-0.1, -0.05) is 17.7 Å². The molecule has 0 aliphatic rings. The normalized spacial score (nSPS) is 12.1. The molecule has 4 nitrogen and oxygen atoms in total. The molecule has 0 saturated carbocycles. The predicted molar refractivity (Wildman–Crippen MR) is 93.8 cm³/mol. The zero-order valence-electron chi connectivity index (χ0n) is 14.6. The molecule has 25 heavy (non-hydrogen) atoms. The molecule has 0 bridgehead atoms. The quantitative estimate of drug-likeness (QED) is 0.831. The summed E-state index contributed by atoms with van der Waals surface area (Å²) in [6.07, 6.45) is 0. The lowest BCUT2D eigenvalue weighted by molar-refractivity contribution is -0.120. The van der Waals surface area contributed by atoms with Gasteiger partial charge in [-0.15, -0.1) is 0 Å². The third-order valence-corrected chi connectivity index (χ3v) is 3.96. The fourth-order valence-corrected chi connectivity index (χ4v) is 2.17. The zero-order valence-corrected chi connectivity index (χ0v) is 14.6. The van der Waals surface area contributed by atoms with Gasteiger partial charge in [0.25, 0.3) is 0 Å². The van der Waals surface area contributed by atoms with E-state index in [9.17, 15) is 13.6 Å². The number of amides is 1. The van der Waals surface area contributed by atoms with Crippen LogP contribution in [-0.4, -0.2) is 37.0 Å². The Morgan fingerprint density at radius 2 is 1.88 bits per heavy atom. The molecule has 2 aromatic rings. The summed E-state index contributed by atoms with van der Waals surface area (Å²) in [6.45, 7) is 4.61. The highest BCUT2D eigenvalue weighted by molar-refractivity contribution is 5.94. The van der Waals surface area contributed by atoms with E-state index in [2.05, 4.69) is 5.32 Å². The van der Waals surface area contributed by atoms with E-state index in [0.717, 1.165) is 29.5 Å². The third-order valence-electron chi connectivity index (χ3n) is 3.96. The fraction of sp³-hybridized carbons (Fsp3) is 0.316. The number of hydrogen-bond donors (Lipinski definition) is 1. The summed E-state index contributed by atoms with van der Waals surface area (Å²) < 4.78 is 32.4. The molecule has 0 saturated heterocycles. The molecule has 0 aromatic heterocycles. The van der Waals surface area contributed by atoms with Crippen molar-refractivity contribution in [2.45, 2.75) is 19.9 Å². The highest BCUT2D eigenvalue weighted by Gasteiger charge is 2.19. The van der Waals surface area contributed by atoms with Gasteiger partial charge in [-0.2, -0.15) is 0 Å². The highest BCUT2D eigenvalue weighted by Crippen LogP contribution is 2.16. The van der Waals surface area contributed by atoms with Crippen LogP contribution in [0.2, 0.25) is 0 Å². The number of benzene rings is 2. The minimum atomic E-state index is -0.674. The number of aryl methyl sites for hydroxylation is 1. The Morgan fingerprint density at radius 1 is 1.20 bits per heavy atom. The largest absolute Gasteiger partial charge is 0.492 e. The van der Waals surface area contributed by atoms with Crippen LogP contribution in [0.25, 0.3) is 0 Å². The van der Waals surface area contributed by atoms with Crippen LogP contribution in [-0.2, 0) is 4.79 Å². The van der Waals surface area contributed by atoms with Gasteiger partial charge in [0, 0.05) is 12.6 Å². The van der Waals surface area contributed by atoms with Crippen LogP contribution in [0.3, 0.4) is 0 Å². The van der Waals surface area contributed by atoms with E-state index < -0.39 is 23.6 Å². The Hall–Kier alpha value is -2.47. The fourth-order valence-electron chi connectivity index (χ4n) is 2.17. The van der Waals surface area contributed by atoms with Crippen molar-refractivity contribution in [2.75, 3.05) is 25.5 Å². The number of anilines is 1. The van der Waals surface area contributed by atoms with E-state index in [-0.39, 0.29) is 5.69 Å². The summed E-state index contributed by atoms with van der Waals surface area (Å²) in [5.74, 6) is -0.934. The van der Waals surface area contributed by atoms with Crippen molar-refractivity contribution in [3.8, 4) is 5.75 Å². The lowest BCUT2D eigenvalue weighted by Crippen LogP contribution is -2.41. The molecule has 2 rings (SSSR count). The van der Waals surface area contributed by atoms with Crippen LogP contribution in [0.15, 0.2) is 42.5 Å².